The molecular weight excluding hydrogens is 446 g/mol. The first kappa shape index (κ1) is 23.7. The molecule has 1 amide bonds. The van der Waals surface area contributed by atoms with Crippen molar-refractivity contribution < 1.29 is 19.5 Å². The van der Waals surface area contributed by atoms with E-state index in [1.807, 2.05) is 65.2 Å². The number of benzene rings is 2. The first-order valence-electron chi connectivity index (χ1n) is 11.0. The van der Waals surface area contributed by atoms with Gasteiger partial charge in [-0.1, -0.05) is 42.5 Å². The Morgan fingerprint density at radius 1 is 1.03 bits per heavy atom. The predicted molar refractivity (Wildman–Crippen MR) is 127 cm³/mol. The van der Waals surface area contributed by atoms with Crippen molar-refractivity contribution in [2.75, 3.05) is 4.90 Å². The Balaban J connectivity index is 0.000000917. The van der Waals surface area contributed by atoms with Gasteiger partial charge in [-0.2, -0.15) is 9.59 Å². The highest BCUT2D eigenvalue weighted by Gasteiger charge is 2.30. The Hall–Kier alpha value is -4.46. The zero-order valence-corrected chi connectivity index (χ0v) is 19.3. The minimum Gasteiger partial charge on any atom is -0.392 e. The fraction of sp³-hybridized carbons (Fsp3) is 0.192. The van der Waals surface area contributed by atoms with E-state index in [0.717, 1.165) is 22.3 Å². The molecule has 1 aliphatic rings. The minimum atomic E-state index is -0.0849. The molecule has 0 atom stereocenters. The van der Waals surface area contributed by atoms with Crippen molar-refractivity contribution in [3.63, 3.8) is 0 Å². The van der Waals surface area contributed by atoms with E-state index in [0.29, 0.717) is 29.4 Å². The van der Waals surface area contributed by atoms with Crippen molar-refractivity contribution in [2.24, 2.45) is 0 Å². The van der Waals surface area contributed by atoms with Crippen LogP contribution in [-0.4, -0.2) is 36.9 Å². The number of aliphatic hydroxyl groups excluding tert-OH is 1. The molecule has 4 aromatic rings. The lowest BCUT2D eigenvalue weighted by molar-refractivity contribution is -0.191. The number of carbonyl (C=O) groups is 1. The number of fused-ring (bicyclic) bond motifs is 1. The van der Waals surface area contributed by atoms with Gasteiger partial charge in [0.2, 0.25) is 0 Å². The highest BCUT2D eigenvalue weighted by atomic mass is 16.3. The molecule has 0 saturated heterocycles. The molecule has 3 heterocycles. The third-order valence-electron chi connectivity index (χ3n) is 5.78. The van der Waals surface area contributed by atoms with E-state index in [4.69, 9.17) is 14.6 Å². The van der Waals surface area contributed by atoms with Crippen LogP contribution in [0.4, 0.5) is 5.82 Å². The normalized spacial score (nSPS) is 12.2. The molecule has 0 unspecified atom stereocenters. The van der Waals surface area contributed by atoms with Gasteiger partial charge in [-0.25, -0.2) is 4.98 Å². The monoisotopic (exact) mass is 469 g/mol. The van der Waals surface area contributed by atoms with Crippen LogP contribution in [0.15, 0.2) is 67.0 Å². The SMILES string of the molecule is CC(C)n1cnnc1-c1cccc(N2Cc3ccc(-c4ccccc4CO)cc3C2=O)n1.O=C=O. The number of hydrogen-bond acceptors (Lipinski definition) is 7. The van der Waals surface area contributed by atoms with E-state index in [1.54, 1.807) is 11.2 Å². The largest absolute Gasteiger partial charge is 0.392 e. The summed E-state index contributed by atoms with van der Waals surface area (Å²) < 4.78 is 1.96. The van der Waals surface area contributed by atoms with E-state index in [-0.39, 0.29) is 24.7 Å². The standard InChI is InChI=1S/C25H23N5O2.CO2/c1-16(2)30-15-26-28-24(30)22-8-5-9-23(27-22)29-13-18-11-10-17(12-21(18)25(29)32)20-7-4-3-6-19(20)14-31;2-1-3/h3-12,15-16,31H,13-14H2,1-2H3;. The summed E-state index contributed by atoms with van der Waals surface area (Å²) in [7, 11) is 0. The summed E-state index contributed by atoms with van der Waals surface area (Å²) >= 11 is 0. The molecule has 2 aromatic heterocycles. The van der Waals surface area contributed by atoms with Gasteiger partial charge >= 0.3 is 6.15 Å². The molecular formula is C26H23N5O4. The fourth-order valence-electron chi connectivity index (χ4n) is 4.10. The van der Waals surface area contributed by atoms with Gasteiger partial charge in [-0.15, -0.1) is 10.2 Å². The Kier molecular flexibility index (Phi) is 6.91. The Morgan fingerprint density at radius 3 is 2.54 bits per heavy atom. The van der Waals surface area contributed by atoms with Crippen LogP contribution in [0.25, 0.3) is 22.6 Å². The van der Waals surface area contributed by atoms with E-state index < -0.39 is 0 Å². The van der Waals surface area contributed by atoms with Crippen molar-refractivity contribution in [1.29, 1.82) is 0 Å². The van der Waals surface area contributed by atoms with Gasteiger partial charge in [0.1, 0.15) is 17.8 Å². The molecule has 0 fully saturated rings. The summed E-state index contributed by atoms with van der Waals surface area (Å²) in [6.45, 7) is 4.53. The Bertz CT molecular complexity index is 1410. The summed E-state index contributed by atoms with van der Waals surface area (Å²) in [6, 6.07) is 19.4. The maximum atomic E-state index is 13.3. The highest BCUT2D eigenvalue weighted by Crippen LogP contribution is 2.33. The van der Waals surface area contributed by atoms with E-state index in [2.05, 4.69) is 24.0 Å². The van der Waals surface area contributed by atoms with Crippen molar-refractivity contribution in [2.45, 2.75) is 33.0 Å². The number of amides is 1. The van der Waals surface area contributed by atoms with E-state index in [9.17, 15) is 9.90 Å². The van der Waals surface area contributed by atoms with E-state index >= 15 is 0 Å². The number of anilines is 1. The van der Waals surface area contributed by atoms with Gasteiger partial charge in [-0.3, -0.25) is 9.69 Å². The number of aliphatic hydroxyl groups is 1. The van der Waals surface area contributed by atoms with Crippen LogP contribution in [0.1, 0.15) is 41.4 Å². The molecule has 9 heteroatoms. The number of rotatable bonds is 5. The van der Waals surface area contributed by atoms with Gasteiger partial charge in [0, 0.05) is 11.6 Å². The van der Waals surface area contributed by atoms with Crippen molar-refractivity contribution in [1.82, 2.24) is 19.7 Å². The van der Waals surface area contributed by atoms with Crippen molar-refractivity contribution >= 4 is 17.9 Å². The molecule has 176 valence electrons. The van der Waals surface area contributed by atoms with Crippen LogP contribution in [0, 0.1) is 0 Å². The van der Waals surface area contributed by atoms with Crippen LogP contribution in [0.2, 0.25) is 0 Å². The van der Waals surface area contributed by atoms with Gasteiger partial charge < -0.3 is 9.67 Å². The van der Waals surface area contributed by atoms with Gasteiger partial charge in [0.15, 0.2) is 5.82 Å². The first-order valence-corrected chi connectivity index (χ1v) is 11.0. The second-order valence-corrected chi connectivity index (χ2v) is 8.20. The van der Waals surface area contributed by atoms with Gasteiger partial charge in [0.25, 0.3) is 5.91 Å². The zero-order valence-electron chi connectivity index (χ0n) is 19.3. The lowest BCUT2D eigenvalue weighted by Crippen LogP contribution is -2.24. The van der Waals surface area contributed by atoms with Crippen molar-refractivity contribution in [3.8, 4) is 22.6 Å². The third-order valence-corrected chi connectivity index (χ3v) is 5.78. The highest BCUT2D eigenvalue weighted by molar-refractivity contribution is 6.10. The molecule has 0 spiro atoms. The number of aromatic nitrogens is 4. The predicted octanol–water partition coefficient (Wildman–Crippen LogP) is 3.66. The summed E-state index contributed by atoms with van der Waals surface area (Å²) in [5.41, 5.74) is 4.96. The van der Waals surface area contributed by atoms with Crippen LogP contribution >= 0.6 is 0 Å². The molecule has 0 aliphatic carbocycles. The zero-order chi connectivity index (χ0) is 24.9. The van der Waals surface area contributed by atoms with Crippen LogP contribution in [0.3, 0.4) is 0 Å². The lowest BCUT2D eigenvalue weighted by Gasteiger charge is -2.16. The van der Waals surface area contributed by atoms with Crippen LogP contribution < -0.4 is 4.90 Å². The average Bonchev–Trinajstić information content (AvgIpc) is 3.50. The smallest absolute Gasteiger partial charge is 0.373 e. The third kappa shape index (κ3) is 4.63. The molecule has 1 N–H and O–H groups in total. The Labute approximate surface area is 201 Å². The first-order chi connectivity index (χ1) is 17.0. The summed E-state index contributed by atoms with van der Waals surface area (Å²) in [6.07, 6.45) is 1.94. The molecule has 1 aliphatic heterocycles. The fourth-order valence-corrected chi connectivity index (χ4v) is 4.10. The second-order valence-electron chi connectivity index (χ2n) is 8.20. The van der Waals surface area contributed by atoms with Crippen molar-refractivity contribution in [3.05, 3.63) is 83.7 Å². The summed E-state index contributed by atoms with van der Waals surface area (Å²) in [5, 5.41) is 17.9. The number of carbonyl (C=O) groups excluding carboxylic acids is 3. The minimum absolute atomic E-state index is 0.0506. The average molecular weight is 470 g/mol. The molecule has 0 radical (unpaired) electrons. The van der Waals surface area contributed by atoms with Gasteiger partial charge in [-0.05, 0) is 54.3 Å². The maximum Gasteiger partial charge on any atom is 0.373 e. The Morgan fingerprint density at radius 2 is 1.80 bits per heavy atom. The molecule has 0 saturated carbocycles. The van der Waals surface area contributed by atoms with Gasteiger partial charge in [0.05, 0.1) is 13.2 Å². The molecule has 9 nitrogen and oxygen atoms in total. The summed E-state index contributed by atoms with van der Waals surface area (Å²) in [4.78, 5) is 36.0. The van der Waals surface area contributed by atoms with Crippen LogP contribution in [-0.2, 0) is 22.7 Å². The maximum absolute atomic E-state index is 13.3. The number of nitrogens with zero attached hydrogens (tertiary/aromatic N) is 5. The second kappa shape index (κ2) is 10.2. The molecule has 0 bridgehead atoms. The number of hydrogen-bond donors (Lipinski definition) is 1. The lowest BCUT2D eigenvalue weighted by atomic mass is 9.97. The topological polar surface area (TPSA) is 118 Å². The van der Waals surface area contributed by atoms with E-state index in [1.165, 1.54) is 0 Å². The molecule has 2 aromatic carbocycles. The van der Waals surface area contributed by atoms with Crippen LogP contribution in [0.5, 0.6) is 0 Å². The quantitative estimate of drug-likeness (QED) is 0.474. The summed E-state index contributed by atoms with van der Waals surface area (Å²) in [5.74, 6) is 1.17. The molecule has 5 rings (SSSR count). The molecule has 35 heavy (non-hydrogen) atoms. The number of pyridine rings is 1.